The third kappa shape index (κ3) is 3.58. The molecule has 2 amide bonds. The lowest BCUT2D eigenvalue weighted by Crippen LogP contribution is -2.53. The molecule has 1 aliphatic heterocycles. The summed E-state index contributed by atoms with van der Waals surface area (Å²) in [6.45, 7) is 7.11. The fourth-order valence-electron chi connectivity index (χ4n) is 2.19. The Morgan fingerprint density at radius 3 is 2.65 bits per heavy atom. The maximum Gasteiger partial charge on any atom is 0.312 e. The first kappa shape index (κ1) is 15.0. The maximum absolute atomic E-state index is 12.4. The van der Waals surface area contributed by atoms with Gasteiger partial charge in [-0.2, -0.15) is 0 Å². The van der Waals surface area contributed by atoms with Gasteiger partial charge in [-0.1, -0.05) is 6.07 Å². The fourth-order valence-corrected chi connectivity index (χ4v) is 2.89. The van der Waals surface area contributed by atoms with Crippen LogP contribution in [0.15, 0.2) is 17.5 Å². The summed E-state index contributed by atoms with van der Waals surface area (Å²) >= 11 is 1.60. The van der Waals surface area contributed by atoms with Gasteiger partial charge in [0.25, 0.3) is 0 Å². The van der Waals surface area contributed by atoms with Crippen LogP contribution in [0, 0.1) is 0 Å². The molecular weight excluding hydrogens is 274 g/mol. The van der Waals surface area contributed by atoms with Gasteiger partial charge < -0.3 is 15.1 Å². The maximum atomic E-state index is 12.4. The molecule has 0 aliphatic carbocycles. The topological polar surface area (TPSA) is 52.7 Å². The smallest absolute Gasteiger partial charge is 0.312 e. The summed E-state index contributed by atoms with van der Waals surface area (Å²) in [4.78, 5) is 29.1. The minimum absolute atomic E-state index is 0.0106. The highest BCUT2D eigenvalue weighted by atomic mass is 32.1. The number of nitrogens with zero attached hydrogens (tertiary/aromatic N) is 2. The van der Waals surface area contributed by atoms with Gasteiger partial charge in [0.05, 0.1) is 6.54 Å². The van der Waals surface area contributed by atoms with Crippen LogP contribution in [0.1, 0.15) is 18.7 Å². The van der Waals surface area contributed by atoms with Crippen LogP contribution >= 0.6 is 11.3 Å². The third-order valence-corrected chi connectivity index (χ3v) is 4.24. The number of hydrogen-bond acceptors (Lipinski definition) is 4. The molecule has 0 atom stereocenters. The van der Waals surface area contributed by atoms with E-state index >= 15 is 0 Å². The van der Waals surface area contributed by atoms with Crippen LogP contribution in [0.4, 0.5) is 0 Å². The predicted octanol–water partition coefficient (Wildman–Crippen LogP) is 0.917. The lowest BCUT2D eigenvalue weighted by molar-refractivity contribution is -0.153. The number of amides is 2. The predicted molar refractivity (Wildman–Crippen MR) is 79.5 cm³/mol. The molecule has 0 aromatic carbocycles. The van der Waals surface area contributed by atoms with E-state index in [-0.39, 0.29) is 11.9 Å². The molecule has 1 saturated heterocycles. The van der Waals surface area contributed by atoms with Crippen LogP contribution in [-0.2, 0) is 16.1 Å². The number of nitrogens with one attached hydrogen (secondary N) is 1. The van der Waals surface area contributed by atoms with Crippen LogP contribution in [-0.4, -0.2) is 53.8 Å². The Hall–Kier alpha value is -1.40. The van der Waals surface area contributed by atoms with Crippen LogP contribution in [0.2, 0.25) is 0 Å². The van der Waals surface area contributed by atoms with Crippen molar-refractivity contribution < 1.29 is 9.59 Å². The van der Waals surface area contributed by atoms with Crippen molar-refractivity contribution in [2.45, 2.75) is 26.4 Å². The van der Waals surface area contributed by atoms with E-state index < -0.39 is 5.91 Å². The average Bonchev–Trinajstić information content (AvgIpc) is 2.97. The van der Waals surface area contributed by atoms with Gasteiger partial charge in [0, 0.05) is 37.1 Å². The quantitative estimate of drug-likeness (QED) is 0.844. The number of carbonyl (C=O) groups excluding carboxylic acids is 2. The van der Waals surface area contributed by atoms with Gasteiger partial charge in [-0.25, -0.2) is 0 Å². The van der Waals surface area contributed by atoms with Gasteiger partial charge >= 0.3 is 11.8 Å². The van der Waals surface area contributed by atoms with Crippen molar-refractivity contribution in [1.29, 1.82) is 0 Å². The molecule has 6 heteroatoms. The van der Waals surface area contributed by atoms with Crippen molar-refractivity contribution in [2.24, 2.45) is 0 Å². The molecule has 1 N–H and O–H groups in total. The number of carbonyl (C=O) groups is 2. The van der Waals surface area contributed by atoms with Gasteiger partial charge in [-0.05, 0) is 25.3 Å². The van der Waals surface area contributed by atoms with Crippen molar-refractivity contribution in [3.8, 4) is 0 Å². The van der Waals surface area contributed by atoms with Crippen molar-refractivity contribution in [3.63, 3.8) is 0 Å². The fraction of sp³-hybridized carbons (Fsp3) is 0.571. The molecule has 0 spiro atoms. The third-order valence-electron chi connectivity index (χ3n) is 3.38. The number of piperazine rings is 1. The Morgan fingerprint density at radius 2 is 2.10 bits per heavy atom. The molecule has 1 aliphatic rings. The van der Waals surface area contributed by atoms with E-state index in [1.165, 1.54) is 0 Å². The van der Waals surface area contributed by atoms with Crippen LogP contribution in [0.25, 0.3) is 0 Å². The van der Waals surface area contributed by atoms with E-state index in [2.05, 4.69) is 5.32 Å². The monoisotopic (exact) mass is 295 g/mol. The van der Waals surface area contributed by atoms with E-state index in [4.69, 9.17) is 0 Å². The Morgan fingerprint density at radius 1 is 1.40 bits per heavy atom. The van der Waals surface area contributed by atoms with E-state index in [1.54, 1.807) is 21.1 Å². The first-order valence-electron chi connectivity index (χ1n) is 6.92. The SMILES string of the molecule is CC(C)N(Cc1cccs1)C(=O)C(=O)N1CCNCC1. The standard InChI is InChI=1S/C14H21N3O2S/c1-11(2)17(10-12-4-3-9-20-12)14(19)13(18)16-7-5-15-6-8-16/h3-4,9,11,15H,5-8,10H2,1-2H3. The first-order valence-corrected chi connectivity index (χ1v) is 7.80. The molecule has 1 fully saturated rings. The molecule has 0 bridgehead atoms. The normalized spacial score (nSPS) is 15.4. The van der Waals surface area contributed by atoms with Crippen molar-refractivity contribution in [2.75, 3.05) is 26.2 Å². The first-order chi connectivity index (χ1) is 9.59. The number of rotatable bonds is 3. The number of hydrogen-bond donors (Lipinski definition) is 1. The molecule has 0 radical (unpaired) electrons. The molecule has 0 saturated carbocycles. The molecule has 20 heavy (non-hydrogen) atoms. The van der Waals surface area contributed by atoms with Crippen molar-refractivity contribution >= 4 is 23.2 Å². The molecule has 110 valence electrons. The zero-order valence-corrected chi connectivity index (χ0v) is 12.8. The lowest BCUT2D eigenvalue weighted by Gasteiger charge is -2.31. The molecular formula is C14H21N3O2S. The Bertz CT molecular complexity index is 453. The van der Waals surface area contributed by atoms with Gasteiger partial charge in [0.1, 0.15) is 0 Å². The summed E-state index contributed by atoms with van der Waals surface area (Å²) in [5.41, 5.74) is 0. The highest BCUT2D eigenvalue weighted by molar-refractivity contribution is 7.09. The molecule has 1 aromatic rings. The second kappa shape index (κ2) is 6.85. The largest absolute Gasteiger partial charge is 0.332 e. The molecule has 5 nitrogen and oxygen atoms in total. The van der Waals surface area contributed by atoms with Crippen molar-refractivity contribution in [1.82, 2.24) is 15.1 Å². The summed E-state index contributed by atoms with van der Waals surface area (Å²) in [7, 11) is 0. The zero-order chi connectivity index (χ0) is 14.5. The van der Waals surface area contributed by atoms with Crippen LogP contribution < -0.4 is 5.32 Å². The molecule has 2 heterocycles. The summed E-state index contributed by atoms with van der Waals surface area (Å²) in [6.07, 6.45) is 0. The molecule has 1 aromatic heterocycles. The van der Waals surface area contributed by atoms with Crippen LogP contribution in [0.3, 0.4) is 0 Å². The van der Waals surface area contributed by atoms with E-state index in [9.17, 15) is 9.59 Å². The van der Waals surface area contributed by atoms with E-state index in [1.807, 2.05) is 31.4 Å². The Kier molecular flexibility index (Phi) is 5.14. The Labute approximate surface area is 123 Å². The second-order valence-electron chi connectivity index (χ2n) is 5.15. The molecule has 0 unspecified atom stereocenters. The average molecular weight is 295 g/mol. The van der Waals surface area contributed by atoms with E-state index in [0.29, 0.717) is 19.6 Å². The van der Waals surface area contributed by atoms with Crippen molar-refractivity contribution in [3.05, 3.63) is 22.4 Å². The van der Waals surface area contributed by atoms with Gasteiger partial charge in [-0.3, -0.25) is 9.59 Å². The van der Waals surface area contributed by atoms with Gasteiger partial charge in [0.2, 0.25) is 0 Å². The second-order valence-corrected chi connectivity index (χ2v) is 6.18. The highest BCUT2D eigenvalue weighted by Gasteiger charge is 2.29. The minimum Gasteiger partial charge on any atom is -0.332 e. The van der Waals surface area contributed by atoms with Gasteiger partial charge in [-0.15, -0.1) is 11.3 Å². The zero-order valence-electron chi connectivity index (χ0n) is 12.0. The number of thiophene rings is 1. The van der Waals surface area contributed by atoms with Gasteiger partial charge in [0.15, 0.2) is 0 Å². The molecule has 2 rings (SSSR count). The minimum atomic E-state index is -0.393. The van der Waals surface area contributed by atoms with E-state index in [0.717, 1.165) is 18.0 Å². The lowest BCUT2D eigenvalue weighted by atomic mass is 10.2. The summed E-state index contributed by atoms with van der Waals surface area (Å²) < 4.78 is 0. The summed E-state index contributed by atoms with van der Waals surface area (Å²) in [6, 6.07) is 3.96. The summed E-state index contributed by atoms with van der Waals surface area (Å²) in [5.74, 6) is -0.771. The highest BCUT2D eigenvalue weighted by Crippen LogP contribution is 2.15. The Balaban J connectivity index is 2.04. The van der Waals surface area contributed by atoms with Crippen LogP contribution in [0.5, 0.6) is 0 Å². The summed E-state index contributed by atoms with van der Waals surface area (Å²) in [5, 5.41) is 5.16.